The largest absolute Gasteiger partial charge is 0.356 e. The van der Waals surface area contributed by atoms with Crippen LogP contribution in [0.4, 0.5) is 0 Å². The van der Waals surface area contributed by atoms with Gasteiger partial charge in [-0.2, -0.15) is 0 Å². The normalized spacial score (nSPS) is 11.9. The topological polar surface area (TPSA) is 35.5 Å². The van der Waals surface area contributed by atoms with Gasteiger partial charge in [-0.05, 0) is 19.8 Å². The highest BCUT2D eigenvalue weighted by molar-refractivity contribution is 5.53. The van der Waals surface area contributed by atoms with E-state index in [0.29, 0.717) is 5.92 Å². The smallest absolute Gasteiger partial charge is 0.154 e. The van der Waals surface area contributed by atoms with E-state index in [0.717, 1.165) is 19.1 Å². The molecule has 0 aromatic heterocycles. The van der Waals surface area contributed by atoms with Gasteiger partial charge in [-0.3, -0.25) is 0 Å². The van der Waals surface area contributed by atoms with Crippen LogP contribution >= 0.6 is 0 Å². The van der Waals surface area contributed by atoms with Crippen molar-refractivity contribution in [2.45, 2.75) is 52.7 Å². The number of hydrogen-bond acceptors (Lipinski definition) is 3. The van der Waals surface area contributed by atoms with Crippen molar-refractivity contribution in [3.63, 3.8) is 0 Å². The van der Waals surface area contributed by atoms with Gasteiger partial charge in [0.1, 0.15) is 6.29 Å². The Morgan fingerprint density at radius 3 is 1.93 bits per heavy atom. The van der Waals surface area contributed by atoms with Gasteiger partial charge in [-0.1, -0.05) is 26.7 Å². The van der Waals surface area contributed by atoms with Crippen LogP contribution in [0.1, 0.15) is 46.5 Å². The lowest BCUT2D eigenvalue weighted by Crippen LogP contribution is -2.05. The van der Waals surface area contributed by atoms with Crippen LogP contribution in [0, 0.1) is 5.92 Å². The van der Waals surface area contributed by atoms with Gasteiger partial charge in [0.25, 0.3) is 0 Å². The third kappa shape index (κ3) is 13.6. The molecule has 0 aliphatic rings. The van der Waals surface area contributed by atoms with E-state index in [1.165, 1.54) is 12.8 Å². The third-order valence-corrected chi connectivity index (χ3v) is 2.31. The van der Waals surface area contributed by atoms with Gasteiger partial charge in [0.2, 0.25) is 0 Å². The van der Waals surface area contributed by atoms with Crippen LogP contribution in [0.3, 0.4) is 0 Å². The molecule has 0 heterocycles. The minimum atomic E-state index is -0.0648. The van der Waals surface area contributed by atoms with Crippen LogP contribution in [0.25, 0.3) is 0 Å². The molecule has 3 heteroatoms. The Bertz CT molecular complexity index is 122. The highest BCUT2D eigenvalue weighted by Crippen LogP contribution is 2.08. The van der Waals surface area contributed by atoms with Crippen LogP contribution in [-0.4, -0.2) is 26.8 Å². The van der Waals surface area contributed by atoms with Gasteiger partial charge in [0.15, 0.2) is 6.29 Å². The fourth-order valence-electron chi connectivity index (χ4n) is 0.931. The van der Waals surface area contributed by atoms with Crippen molar-refractivity contribution < 1.29 is 14.3 Å². The number of aldehydes is 1. The first-order valence-electron chi connectivity index (χ1n) is 5.66. The second-order valence-electron chi connectivity index (χ2n) is 3.49. The van der Waals surface area contributed by atoms with Crippen LogP contribution in [-0.2, 0) is 14.3 Å². The second kappa shape index (κ2) is 13.6. The molecular weight excluding hydrogens is 192 g/mol. The molecule has 0 radical (unpaired) electrons. The first-order chi connectivity index (χ1) is 7.15. The molecule has 1 unspecified atom stereocenters. The average Bonchev–Trinajstić information content (AvgIpc) is 2.30. The summed E-state index contributed by atoms with van der Waals surface area (Å²) >= 11 is 0. The van der Waals surface area contributed by atoms with Crippen molar-refractivity contribution in [2.75, 3.05) is 14.2 Å². The Labute approximate surface area is 94.1 Å². The molecule has 0 aromatic rings. The Morgan fingerprint density at radius 1 is 1.20 bits per heavy atom. The molecule has 0 bridgehead atoms. The molecular formula is C12H26O3. The van der Waals surface area contributed by atoms with Gasteiger partial charge in [0.05, 0.1) is 0 Å². The Kier molecular flexibility index (Phi) is 15.4. The lowest BCUT2D eigenvalue weighted by molar-refractivity contribution is -0.111. The molecule has 92 valence electrons. The van der Waals surface area contributed by atoms with E-state index in [1.807, 2.05) is 6.92 Å². The molecule has 0 saturated carbocycles. The first kappa shape index (κ1) is 17.0. The van der Waals surface area contributed by atoms with Crippen LogP contribution in [0.5, 0.6) is 0 Å². The zero-order chi connectivity index (χ0) is 12.1. The average molecular weight is 218 g/mol. The predicted octanol–water partition coefficient (Wildman–Crippen LogP) is 3.03. The van der Waals surface area contributed by atoms with Gasteiger partial charge in [-0.15, -0.1) is 0 Å². The lowest BCUT2D eigenvalue weighted by Gasteiger charge is -2.03. The summed E-state index contributed by atoms with van der Waals surface area (Å²) in [4.78, 5) is 10.2. The van der Waals surface area contributed by atoms with E-state index >= 15 is 0 Å². The standard InChI is InChI=1S/C8H16O.C4H10O2/c1-3-5-6-8(4-2)7-9;1-4(5-2)6-3/h7-8H,3-6H2,1-2H3;4H,1-3H3. The van der Waals surface area contributed by atoms with Gasteiger partial charge >= 0.3 is 0 Å². The molecule has 0 aromatic carbocycles. The minimum Gasteiger partial charge on any atom is -0.356 e. The van der Waals surface area contributed by atoms with Gasteiger partial charge < -0.3 is 14.3 Å². The second-order valence-corrected chi connectivity index (χ2v) is 3.49. The van der Waals surface area contributed by atoms with Crippen LogP contribution in [0.2, 0.25) is 0 Å². The fraction of sp³-hybridized carbons (Fsp3) is 0.917. The van der Waals surface area contributed by atoms with Gasteiger partial charge in [-0.25, -0.2) is 0 Å². The molecule has 0 N–H and O–H groups in total. The molecule has 0 amide bonds. The molecule has 0 rings (SSSR count). The summed E-state index contributed by atoms with van der Waals surface area (Å²) in [6.07, 6.45) is 5.49. The highest BCUT2D eigenvalue weighted by Gasteiger charge is 2.01. The number of carbonyl (C=O) groups excluding carboxylic acids is 1. The summed E-state index contributed by atoms with van der Waals surface area (Å²) in [5, 5.41) is 0. The van der Waals surface area contributed by atoms with Crippen LogP contribution < -0.4 is 0 Å². The van der Waals surface area contributed by atoms with Crippen molar-refractivity contribution in [2.24, 2.45) is 5.92 Å². The molecule has 0 fully saturated rings. The maximum absolute atomic E-state index is 10.2. The summed E-state index contributed by atoms with van der Waals surface area (Å²) in [5.74, 6) is 0.324. The van der Waals surface area contributed by atoms with Crippen molar-refractivity contribution in [3.05, 3.63) is 0 Å². The molecule has 0 aliphatic heterocycles. The summed E-state index contributed by atoms with van der Waals surface area (Å²) in [6.45, 7) is 6.05. The Balaban J connectivity index is 0. The summed E-state index contributed by atoms with van der Waals surface area (Å²) in [7, 11) is 3.21. The maximum Gasteiger partial charge on any atom is 0.154 e. The quantitative estimate of drug-likeness (QED) is 0.486. The summed E-state index contributed by atoms with van der Waals surface area (Å²) in [5.41, 5.74) is 0. The third-order valence-electron chi connectivity index (χ3n) is 2.31. The van der Waals surface area contributed by atoms with E-state index in [1.54, 1.807) is 14.2 Å². The Hall–Kier alpha value is -0.410. The number of methoxy groups -OCH3 is 2. The van der Waals surface area contributed by atoms with E-state index in [2.05, 4.69) is 23.3 Å². The van der Waals surface area contributed by atoms with E-state index in [4.69, 9.17) is 0 Å². The molecule has 3 nitrogen and oxygen atoms in total. The molecule has 0 saturated heterocycles. The lowest BCUT2D eigenvalue weighted by atomic mass is 10.0. The molecule has 15 heavy (non-hydrogen) atoms. The van der Waals surface area contributed by atoms with Gasteiger partial charge in [0, 0.05) is 20.1 Å². The number of carbonyl (C=O) groups is 1. The number of unbranched alkanes of at least 4 members (excludes halogenated alkanes) is 1. The summed E-state index contributed by atoms with van der Waals surface area (Å²) in [6, 6.07) is 0. The van der Waals surface area contributed by atoms with Crippen molar-refractivity contribution >= 4 is 6.29 Å². The maximum atomic E-state index is 10.2. The predicted molar refractivity (Wildman–Crippen MR) is 62.9 cm³/mol. The van der Waals surface area contributed by atoms with Crippen molar-refractivity contribution in [3.8, 4) is 0 Å². The molecule has 0 aliphatic carbocycles. The van der Waals surface area contributed by atoms with Crippen molar-refractivity contribution in [1.82, 2.24) is 0 Å². The minimum absolute atomic E-state index is 0.0648. The molecule has 1 atom stereocenters. The van der Waals surface area contributed by atoms with E-state index < -0.39 is 0 Å². The number of hydrogen-bond donors (Lipinski definition) is 0. The number of rotatable bonds is 7. The highest BCUT2D eigenvalue weighted by atomic mass is 16.7. The molecule has 0 spiro atoms. The fourth-order valence-corrected chi connectivity index (χ4v) is 0.931. The Morgan fingerprint density at radius 2 is 1.73 bits per heavy atom. The van der Waals surface area contributed by atoms with E-state index in [-0.39, 0.29) is 6.29 Å². The first-order valence-corrected chi connectivity index (χ1v) is 5.66. The summed E-state index contributed by atoms with van der Waals surface area (Å²) < 4.78 is 9.35. The van der Waals surface area contributed by atoms with E-state index in [9.17, 15) is 4.79 Å². The van der Waals surface area contributed by atoms with Crippen LogP contribution in [0.15, 0.2) is 0 Å². The SMILES string of the molecule is CCCCC(C=O)CC.COC(C)OC. The van der Waals surface area contributed by atoms with Crippen molar-refractivity contribution in [1.29, 1.82) is 0 Å². The zero-order valence-corrected chi connectivity index (χ0v) is 10.8. The zero-order valence-electron chi connectivity index (χ0n) is 10.8. The monoisotopic (exact) mass is 218 g/mol. The number of ether oxygens (including phenoxy) is 2.